The quantitative estimate of drug-likeness (QED) is 0.280. The monoisotopic (exact) mass is 375 g/mol. The maximum absolute atomic E-state index is 11.7. The summed E-state index contributed by atoms with van der Waals surface area (Å²) in [6.07, 6.45) is 9.28. The van der Waals surface area contributed by atoms with Crippen molar-refractivity contribution in [2.24, 2.45) is 17.0 Å². The van der Waals surface area contributed by atoms with Gasteiger partial charge in [-0.15, -0.1) is 0 Å². The van der Waals surface area contributed by atoms with Crippen LogP contribution in [0.4, 0.5) is 0 Å². The molecule has 0 unspecified atom stereocenters. The Hall–Kier alpha value is -2.31. The SMILES string of the molecule is COC(=O)C1CCN(/C(=N\O)c2cccnc2OCC2CCCCC2)CC1. The number of pyridine rings is 1. The lowest BCUT2D eigenvalue weighted by Gasteiger charge is -2.32. The molecule has 0 amide bonds. The number of hydrogen-bond donors (Lipinski definition) is 1. The lowest BCUT2D eigenvalue weighted by molar-refractivity contribution is -0.146. The van der Waals surface area contributed by atoms with Crippen molar-refractivity contribution in [1.29, 1.82) is 0 Å². The van der Waals surface area contributed by atoms with E-state index in [0.717, 1.165) is 0 Å². The van der Waals surface area contributed by atoms with Crippen LogP contribution in [0.15, 0.2) is 23.5 Å². The minimum Gasteiger partial charge on any atom is -0.477 e. The van der Waals surface area contributed by atoms with E-state index in [-0.39, 0.29) is 11.9 Å². The van der Waals surface area contributed by atoms with E-state index in [1.54, 1.807) is 6.20 Å². The summed E-state index contributed by atoms with van der Waals surface area (Å²) in [6, 6.07) is 3.68. The smallest absolute Gasteiger partial charge is 0.308 e. The molecule has 2 fully saturated rings. The van der Waals surface area contributed by atoms with E-state index in [1.807, 2.05) is 17.0 Å². The van der Waals surface area contributed by atoms with Crippen molar-refractivity contribution < 1.29 is 19.5 Å². The van der Waals surface area contributed by atoms with Gasteiger partial charge < -0.3 is 19.6 Å². The number of likely N-dealkylation sites (tertiary alicyclic amines) is 1. The number of piperidine rings is 1. The van der Waals surface area contributed by atoms with E-state index < -0.39 is 0 Å². The molecule has 2 heterocycles. The Morgan fingerprint density at radius 3 is 2.67 bits per heavy atom. The van der Waals surface area contributed by atoms with Crippen molar-refractivity contribution in [3.05, 3.63) is 23.9 Å². The predicted octanol–water partition coefficient (Wildman–Crippen LogP) is 3.06. The molecule has 1 aliphatic heterocycles. The fourth-order valence-corrected chi connectivity index (χ4v) is 4.01. The first-order chi connectivity index (χ1) is 13.2. The molecule has 148 valence electrons. The Kier molecular flexibility index (Phi) is 6.90. The van der Waals surface area contributed by atoms with E-state index in [9.17, 15) is 10.0 Å². The van der Waals surface area contributed by atoms with Crippen LogP contribution in [0.3, 0.4) is 0 Å². The molecule has 0 bridgehead atoms. The first kappa shape index (κ1) is 19.5. The number of methoxy groups -OCH3 is 1. The minimum absolute atomic E-state index is 0.0953. The summed E-state index contributed by atoms with van der Waals surface area (Å²) in [4.78, 5) is 18.1. The fourth-order valence-electron chi connectivity index (χ4n) is 4.01. The van der Waals surface area contributed by atoms with E-state index in [2.05, 4.69) is 10.1 Å². The predicted molar refractivity (Wildman–Crippen MR) is 101 cm³/mol. The van der Waals surface area contributed by atoms with Gasteiger partial charge in [-0.1, -0.05) is 24.4 Å². The molecule has 1 saturated carbocycles. The van der Waals surface area contributed by atoms with E-state index >= 15 is 0 Å². The molecule has 3 rings (SSSR count). The topological polar surface area (TPSA) is 84.2 Å². The van der Waals surface area contributed by atoms with Crippen molar-refractivity contribution >= 4 is 11.8 Å². The van der Waals surface area contributed by atoms with Crippen LogP contribution in [0.1, 0.15) is 50.5 Å². The minimum atomic E-state index is -0.171. The van der Waals surface area contributed by atoms with Crippen LogP contribution in [0.5, 0.6) is 5.88 Å². The highest BCUT2D eigenvalue weighted by Gasteiger charge is 2.29. The van der Waals surface area contributed by atoms with Gasteiger partial charge in [-0.25, -0.2) is 4.98 Å². The number of ether oxygens (including phenoxy) is 2. The maximum Gasteiger partial charge on any atom is 0.308 e. The Labute approximate surface area is 160 Å². The van der Waals surface area contributed by atoms with Crippen molar-refractivity contribution in [2.45, 2.75) is 44.9 Å². The zero-order valence-electron chi connectivity index (χ0n) is 16.0. The van der Waals surface area contributed by atoms with Gasteiger partial charge in [0.2, 0.25) is 5.88 Å². The number of nitrogens with zero attached hydrogens (tertiary/aromatic N) is 3. The van der Waals surface area contributed by atoms with Crippen molar-refractivity contribution in [2.75, 3.05) is 26.8 Å². The number of hydrogen-bond acceptors (Lipinski definition) is 6. The van der Waals surface area contributed by atoms with Crippen LogP contribution in [0.25, 0.3) is 0 Å². The van der Waals surface area contributed by atoms with Gasteiger partial charge in [0, 0.05) is 19.3 Å². The third-order valence-electron chi connectivity index (χ3n) is 5.62. The number of rotatable bonds is 5. The molecule has 1 aromatic rings. The summed E-state index contributed by atoms with van der Waals surface area (Å²) in [7, 11) is 1.42. The van der Waals surface area contributed by atoms with Crippen LogP contribution in [-0.2, 0) is 9.53 Å². The molecule has 1 aromatic heterocycles. The normalized spacial score (nSPS) is 19.7. The Morgan fingerprint density at radius 2 is 2.00 bits per heavy atom. The Morgan fingerprint density at radius 1 is 1.26 bits per heavy atom. The second-order valence-electron chi connectivity index (χ2n) is 7.38. The third kappa shape index (κ3) is 4.90. The van der Waals surface area contributed by atoms with Gasteiger partial charge in [-0.3, -0.25) is 4.79 Å². The second kappa shape index (κ2) is 9.58. The molecule has 0 aromatic carbocycles. The van der Waals surface area contributed by atoms with Crippen LogP contribution >= 0.6 is 0 Å². The van der Waals surface area contributed by atoms with Crippen molar-refractivity contribution in [3.8, 4) is 5.88 Å². The van der Waals surface area contributed by atoms with Crippen molar-refractivity contribution in [3.63, 3.8) is 0 Å². The summed E-state index contributed by atoms with van der Waals surface area (Å²) in [5.74, 6) is 1.26. The molecular formula is C20H29N3O4. The van der Waals surface area contributed by atoms with Gasteiger partial charge in [-0.05, 0) is 43.7 Å². The average Bonchev–Trinajstić information content (AvgIpc) is 2.74. The molecule has 0 radical (unpaired) electrons. The molecule has 7 heteroatoms. The molecule has 1 aliphatic carbocycles. The summed E-state index contributed by atoms with van der Waals surface area (Å²) >= 11 is 0. The van der Waals surface area contributed by atoms with Crippen molar-refractivity contribution in [1.82, 2.24) is 9.88 Å². The number of oxime groups is 1. The van der Waals surface area contributed by atoms with E-state index in [0.29, 0.717) is 55.7 Å². The number of aromatic nitrogens is 1. The largest absolute Gasteiger partial charge is 0.477 e. The average molecular weight is 375 g/mol. The summed E-state index contributed by atoms with van der Waals surface area (Å²) in [5.41, 5.74) is 0.687. The second-order valence-corrected chi connectivity index (χ2v) is 7.38. The molecule has 1 N–H and O–H groups in total. The zero-order chi connectivity index (χ0) is 19.1. The van der Waals surface area contributed by atoms with Crippen LogP contribution in [-0.4, -0.2) is 53.7 Å². The zero-order valence-corrected chi connectivity index (χ0v) is 16.0. The molecule has 27 heavy (non-hydrogen) atoms. The van der Waals surface area contributed by atoms with Crippen LogP contribution in [0, 0.1) is 11.8 Å². The first-order valence-electron chi connectivity index (χ1n) is 9.86. The maximum atomic E-state index is 11.7. The van der Waals surface area contributed by atoms with Crippen LogP contribution < -0.4 is 4.74 Å². The van der Waals surface area contributed by atoms with Gasteiger partial charge >= 0.3 is 5.97 Å². The standard InChI is InChI=1S/C20H29N3O4/c1-26-20(24)16-9-12-23(13-10-16)18(22-25)17-8-5-11-21-19(17)27-14-15-6-3-2-4-7-15/h5,8,11,15-16,25H,2-4,6-7,9-10,12-14H2,1H3/b22-18-. The molecule has 0 spiro atoms. The number of carbonyl (C=O) groups excluding carboxylic acids is 1. The van der Waals surface area contributed by atoms with Gasteiger partial charge in [0.25, 0.3) is 0 Å². The first-order valence-corrected chi connectivity index (χ1v) is 9.86. The summed E-state index contributed by atoms with van der Waals surface area (Å²) in [6.45, 7) is 1.89. The lowest BCUT2D eigenvalue weighted by atomic mass is 9.90. The molecule has 2 aliphatic rings. The van der Waals surface area contributed by atoms with Gasteiger partial charge in [-0.2, -0.15) is 0 Å². The van der Waals surface area contributed by atoms with Gasteiger partial charge in [0.05, 0.1) is 25.2 Å². The van der Waals surface area contributed by atoms with Gasteiger partial charge in [0.15, 0.2) is 5.84 Å². The number of esters is 1. The lowest BCUT2D eigenvalue weighted by Crippen LogP contribution is -2.41. The molecule has 1 saturated heterocycles. The summed E-state index contributed by atoms with van der Waals surface area (Å²) < 4.78 is 10.9. The Balaban J connectivity index is 1.66. The van der Waals surface area contributed by atoms with E-state index in [4.69, 9.17) is 9.47 Å². The van der Waals surface area contributed by atoms with Gasteiger partial charge in [0.1, 0.15) is 0 Å². The molecule has 7 nitrogen and oxygen atoms in total. The highest BCUT2D eigenvalue weighted by atomic mass is 16.5. The third-order valence-corrected chi connectivity index (χ3v) is 5.62. The fraction of sp³-hybridized carbons (Fsp3) is 0.650. The van der Waals surface area contributed by atoms with Crippen LogP contribution in [0.2, 0.25) is 0 Å². The number of carbonyl (C=O) groups is 1. The Bertz CT molecular complexity index is 650. The molecular weight excluding hydrogens is 346 g/mol. The highest BCUT2D eigenvalue weighted by Crippen LogP contribution is 2.27. The molecule has 0 atom stereocenters. The highest BCUT2D eigenvalue weighted by molar-refractivity contribution is 6.00. The summed E-state index contributed by atoms with van der Waals surface area (Å²) in [5, 5.41) is 13.2. The number of amidine groups is 1. The van der Waals surface area contributed by atoms with E-state index in [1.165, 1.54) is 39.2 Å².